The SMILES string of the molecule is N#Cc1ccc2ccn(CCC3CCCC3=O)c2c1. The van der Waals surface area contributed by atoms with Crippen LogP contribution in [0.15, 0.2) is 30.5 Å². The molecule has 0 radical (unpaired) electrons. The number of benzene rings is 1. The summed E-state index contributed by atoms with van der Waals surface area (Å²) >= 11 is 0. The number of carbonyl (C=O) groups is 1. The summed E-state index contributed by atoms with van der Waals surface area (Å²) in [4.78, 5) is 11.6. The van der Waals surface area contributed by atoms with Gasteiger partial charge in [-0.15, -0.1) is 0 Å². The number of ketones is 1. The second-order valence-electron chi connectivity index (χ2n) is 5.24. The van der Waals surface area contributed by atoms with E-state index in [9.17, 15) is 4.79 Å². The summed E-state index contributed by atoms with van der Waals surface area (Å²) < 4.78 is 2.15. The van der Waals surface area contributed by atoms with Crippen LogP contribution in [-0.2, 0) is 11.3 Å². The number of nitrogens with zero attached hydrogens (tertiary/aromatic N) is 2. The van der Waals surface area contributed by atoms with Gasteiger partial charge in [0.1, 0.15) is 5.78 Å². The minimum Gasteiger partial charge on any atom is -0.347 e. The second-order valence-corrected chi connectivity index (χ2v) is 5.24. The van der Waals surface area contributed by atoms with Gasteiger partial charge >= 0.3 is 0 Å². The molecule has 0 saturated heterocycles. The Balaban J connectivity index is 1.81. The average Bonchev–Trinajstić information content (AvgIpc) is 3.02. The van der Waals surface area contributed by atoms with E-state index in [4.69, 9.17) is 5.26 Å². The van der Waals surface area contributed by atoms with E-state index >= 15 is 0 Å². The molecule has 19 heavy (non-hydrogen) atoms. The van der Waals surface area contributed by atoms with Crippen molar-refractivity contribution in [3.63, 3.8) is 0 Å². The Hall–Kier alpha value is -2.08. The highest BCUT2D eigenvalue weighted by Gasteiger charge is 2.23. The van der Waals surface area contributed by atoms with E-state index in [2.05, 4.69) is 16.7 Å². The maximum Gasteiger partial charge on any atom is 0.136 e. The van der Waals surface area contributed by atoms with E-state index in [0.717, 1.165) is 43.1 Å². The highest BCUT2D eigenvalue weighted by atomic mass is 16.1. The first-order chi connectivity index (χ1) is 9.28. The lowest BCUT2D eigenvalue weighted by atomic mass is 10.0. The Bertz CT molecular complexity index is 663. The van der Waals surface area contributed by atoms with Gasteiger partial charge in [-0.3, -0.25) is 4.79 Å². The number of Topliss-reactive ketones (excluding diaryl/α,β-unsaturated/α-hetero) is 1. The van der Waals surface area contributed by atoms with Crippen molar-refractivity contribution in [3.05, 3.63) is 36.0 Å². The molecular weight excluding hydrogens is 236 g/mol. The minimum atomic E-state index is 0.247. The quantitative estimate of drug-likeness (QED) is 0.841. The van der Waals surface area contributed by atoms with Crippen LogP contribution in [0.25, 0.3) is 10.9 Å². The van der Waals surface area contributed by atoms with Crippen LogP contribution in [0, 0.1) is 17.2 Å². The molecule has 1 unspecified atom stereocenters. The summed E-state index contributed by atoms with van der Waals surface area (Å²) in [6.07, 6.45) is 5.82. The predicted octanol–water partition coefficient (Wildman–Crippen LogP) is 3.27. The largest absolute Gasteiger partial charge is 0.347 e. The second kappa shape index (κ2) is 4.89. The van der Waals surface area contributed by atoms with Gasteiger partial charge in [0, 0.05) is 30.6 Å². The van der Waals surface area contributed by atoms with Crippen LogP contribution < -0.4 is 0 Å². The molecule has 1 aliphatic rings. The zero-order valence-electron chi connectivity index (χ0n) is 10.8. The van der Waals surface area contributed by atoms with Crippen molar-refractivity contribution in [1.82, 2.24) is 4.57 Å². The number of aryl methyl sites for hydroxylation is 1. The first kappa shape index (κ1) is 12.0. The fourth-order valence-corrected chi connectivity index (χ4v) is 2.94. The first-order valence-corrected chi connectivity index (χ1v) is 6.79. The molecule has 1 heterocycles. The highest BCUT2D eigenvalue weighted by Crippen LogP contribution is 2.26. The van der Waals surface area contributed by atoms with Gasteiger partial charge in [0.25, 0.3) is 0 Å². The van der Waals surface area contributed by atoms with Crippen molar-refractivity contribution < 1.29 is 4.79 Å². The smallest absolute Gasteiger partial charge is 0.136 e. The Morgan fingerprint density at radius 2 is 2.26 bits per heavy atom. The zero-order chi connectivity index (χ0) is 13.2. The summed E-state index contributed by atoms with van der Waals surface area (Å²) in [6.45, 7) is 0.856. The van der Waals surface area contributed by atoms with Gasteiger partial charge in [0.15, 0.2) is 0 Å². The third kappa shape index (κ3) is 2.26. The van der Waals surface area contributed by atoms with Gasteiger partial charge in [0.05, 0.1) is 11.6 Å². The molecular formula is C16H16N2O. The average molecular weight is 252 g/mol. The fraction of sp³-hybridized carbons (Fsp3) is 0.375. The Morgan fingerprint density at radius 3 is 3.00 bits per heavy atom. The summed E-state index contributed by atoms with van der Waals surface area (Å²) in [5, 5.41) is 10.1. The molecule has 1 aromatic carbocycles. The summed E-state index contributed by atoms with van der Waals surface area (Å²) in [5.41, 5.74) is 1.77. The molecule has 2 aromatic rings. The van der Waals surface area contributed by atoms with Gasteiger partial charge in [0.2, 0.25) is 0 Å². The lowest BCUT2D eigenvalue weighted by Gasteiger charge is -2.10. The molecule has 0 amide bonds. The highest BCUT2D eigenvalue weighted by molar-refractivity contribution is 5.83. The number of hydrogen-bond acceptors (Lipinski definition) is 2. The molecule has 3 heteroatoms. The molecule has 3 rings (SSSR count). The van der Waals surface area contributed by atoms with E-state index in [0.29, 0.717) is 11.3 Å². The van der Waals surface area contributed by atoms with Crippen LogP contribution in [0.4, 0.5) is 0 Å². The number of hydrogen-bond donors (Lipinski definition) is 0. The van der Waals surface area contributed by atoms with E-state index in [1.807, 2.05) is 24.4 Å². The molecule has 96 valence electrons. The van der Waals surface area contributed by atoms with Crippen molar-refractivity contribution >= 4 is 16.7 Å². The number of nitriles is 1. The maximum atomic E-state index is 11.6. The molecule has 3 nitrogen and oxygen atoms in total. The van der Waals surface area contributed by atoms with E-state index < -0.39 is 0 Å². The van der Waals surface area contributed by atoms with Gasteiger partial charge in [-0.1, -0.05) is 6.07 Å². The fourth-order valence-electron chi connectivity index (χ4n) is 2.94. The molecule has 1 aliphatic carbocycles. The molecule has 0 spiro atoms. The Labute approximate surface area is 112 Å². The van der Waals surface area contributed by atoms with Crippen LogP contribution in [0.5, 0.6) is 0 Å². The van der Waals surface area contributed by atoms with Crippen LogP contribution >= 0.6 is 0 Å². The Kier molecular flexibility index (Phi) is 3.08. The summed E-state index contributed by atoms with van der Waals surface area (Å²) in [5.74, 6) is 0.672. The van der Waals surface area contributed by atoms with Crippen molar-refractivity contribution in [2.24, 2.45) is 5.92 Å². The summed E-state index contributed by atoms with van der Waals surface area (Å²) in [6, 6.07) is 9.98. The molecule has 0 aliphatic heterocycles. The molecule has 1 saturated carbocycles. The van der Waals surface area contributed by atoms with Gasteiger partial charge in [-0.05, 0) is 42.8 Å². The van der Waals surface area contributed by atoms with Crippen molar-refractivity contribution in [2.75, 3.05) is 0 Å². The molecule has 0 bridgehead atoms. The topological polar surface area (TPSA) is 45.8 Å². The van der Waals surface area contributed by atoms with Crippen LogP contribution in [0.1, 0.15) is 31.2 Å². The van der Waals surface area contributed by atoms with E-state index in [-0.39, 0.29) is 5.92 Å². The van der Waals surface area contributed by atoms with Crippen LogP contribution in [0.3, 0.4) is 0 Å². The van der Waals surface area contributed by atoms with E-state index in [1.165, 1.54) is 0 Å². The number of carbonyl (C=O) groups excluding carboxylic acids is 1. The number of rotatable bonds is 3. The van der Waals surface area contributed by atoms with Gasteiger partial charge < -0.3 is 4.57 Å². The van der Waals surface area contributed by atoms with Gasteiger partial charge in [-0.2, -0.15) is 5.26 Å². The molecule has 1 fully saturated rings. The zero-order valence-corrected chi connectivity index (χ0v) is 10.8. The monoisotopic (exact) mass is 252 g/mol. The van der Waals surface area contributed by atoms with Crippen molar-refractivity contribution in [2.45, 2.75) is 32.2 Å². The summed E-state index contributed by atoms with van der Waals surface area (Å²) in [7, 11) is 0. The van der Waals surface area contributed by atoms with Crippen molar-refractivity contribution in [3.8, 4) is 6.07 Å². The molecule has 1 atom stereocenters. The molecule has 0 N–H and O–H groups in total. The number of fused-ring (bicyclic) bond motifs is 1. The normalized spacial score (nSPS) is 18.9. The standard InChI is InChI=1S/C16H16N2O/c17-11-12-4-5-13-6-8-18(15(13)10-12)9-7-14-2-1-3-16(14)19/h4-6,8,10,14H,1-3,7,9H2. The van der Waals surface area contributed by atoms with Crippen molar-refractivity contribution in [1.29, 1.82) is 5.26 Å². The lowest BCUT2D eigenvalue weighted by molar-refractivity contribution is -0.120. The predicted molar refractivity (Wildman–Crippen MR) is 73.6 cm³/mol. The third-order valence-electron chi connectivity index (χ3n) is 4.05. The first-order valence-electron chi connectivity index (χ1n) is 6.79. The molecule has 1 aromatic heterocycles. The Morgan fingerprint density at radius 1 is 1.37 bits per heavy atom. The third-order valence-corrected chi connectivity index (χ3v) is 4.05. The van der Waals surface area contributed by atoms with Crippen LogP contribution in [0.2, 0.25) is 0 Å². The minimum absolute atomic E-state index is 0.247. The van der Waals surface area contributed by atoms with Crippen LogP contribution in [-0.4, -0.2) is 10.4 Å². The lowest BCUT2D eigenvalue weighted by Crippen LogP contribution is -2.09. The maximum absolute atomic E-state index is 11.6. The number of aromatic nitrogens is 1. The van der Waals surface area contributed by atoms with Gasteiger partial charge in [-0.25, -0.2) is 0 Å². The van der Waals surface area contributed by atoms with E-state index in [1.54, 1.807) is 0 Å².